The lowest BCUT2D eigenvalue weighted by Crippen LogP contribution is -2.17. The van der Waals surface area contributed by atoms with Crippen molar-refractivity contribution in [1.82, 2.24) is 5.32 Å². The zero-order valence-corrected chi connectivity index (χ0v) is 11.5. The second-order valence-corrected chi connectivity index (χ2v) is 4.17. The van der Waals surface area contributed by atoms with E-state index in [-0.39, 0.29) is 0 Å². The maximum Gasteiger partial charge on any atom is 0.127 e. The van der Waals surface area contributed by atoms with E-state index in [4.69, 9.17) is 9.47 Å². The van der Waals surface area contributed by atoms with Gasteiger partial charge in [0, 0.05) is 17.7 Å². The minimum atomic E-state index is 0.297. The molecule has 1 atom stereocenters. The highest BCUT2D eigenvalue weighted by molar-refractivity contribution is 5.42. The molecule has 0 amide bonds. The molecule has 0 radical (unpaired) electrons. The Labute approximate surface area is 110 Å². The van der Waals surface area contributed by atoms with E-state index < -0.39 is 0 Å². The minimum absolute atomic E-state index is 0.297. The standard InChI is InChI=1S/C15H23NO2/c1-5-6-7-8-14(16-2)13-10-9-12(17-3)11-15(13)18-4/h5,9-11,14,16H,1,6-8H2,2-4H3. The molecule has 3 heteroatoms. The predicted molar refractivity (Wildman–Crippen MR) is 75.4 cm³/mol. The maximum absolute atomic E-state index is 5.44. The molecule has 0 aliphatic carbocycles. The van der Waals surface area contributed by atoms with E-state index in [2.05, 4.69) is 18.0 Å². The molecule has 0 fully saturated rings. The fourth-order valence-corrected chi connectivity index (χ4v) is 2.03. The van der Waals surface area contributed by atoms with Crippen molar-refractivity contribution in [2.45, 2.75) is 25.3 Å². The van der Waals surface area contributed by atoms with Crippen LogP contribution in [0.4, 0.5) is 0 Å². The smallest absolute Gasteiger partial charge is 0.127 e. The molecule has 0 heterocycles. The quantitative estimate of drug-likeness (QED) is 0.566. The average molecular weight is 249 g/mol. The molecule has 18 heavy (non-hydrogen) atoms. The highest BCUT2D eigenvalue weighted by Gasteiger charge is 2.14. The molecule has 1 rings (SSSR count). The molecule has 100 valence electrons. The lowest BCUT2D eigenvalue weighted by molar-refractivity contribution is 0.383. The van der Waals surface area contributed by atoms with Crippen molar-refractivity contribution in [1.29, 1.82) is 0 Å². The van der Waals surface area contributed by atoms with Gasteiger partial charge in [-0.1, -0.05) is 12.1 Å². The van der Waals surface area contributed by atoms with Crippen LogP contribution in [0.25, 0.3) is 0 Å². The lowest BCUT2D eigenvalue weighted by atomic mass is 10.00. The molecule has 0 aliphatic heterocycles. The first-order valence-corrected chi connectivity index (χ1v) is 6.26. The summed E-state index contributed by atoms with van der Waals surface area (Å²) in [5, 5.41) is 3.33. The Hall–Kier alpha value is -1.48. The topological polar surface area (TPSA) is 30.5 Å². The van der Waals surface area contributed by atoms with Gasteiger partial charge in [0.1, 0.15) is 11.5 Å². The first-order chi connectivity index (χ1) is 8.76. The Kier molecular flexibility index (Phi) is 6.29. The number of rotatable bonds is 8. The third-order valence-corrected chi connectivity index (χ3v) is 3.07. The van der Waals surface area contributed by atoms with Gasteiger partial charge in [0.05, 0.1) is 14.2 Å². The summed E-state index contributed by atoms with van der Waals surface area (Å²) in [5.41, 5.74) is 1.17. The van der Waals surface area contributed by atoms with Crippen LogP contribution in [-0.4, -0.2) is 21.3 Å². The van der Waals surface area contributed by atoms with Crippen molar-refractivity contribution in [2.75, 3.05) is 21.3 Å². The van der Waals surface area contributed by atoms with Crippen molar-refractivity contribution in [3.05, 3.63) is 36.4 Å². The summed E-state index contributed by atoms with van der Waals surface area (Å²) in [5.74, 6) is 1.68. The van der Waals surface area contributed by atoms with Gasteiger partial charge in [0.25, 0.3) is 0 Å². The van der Waals surface area contributed by atoms with Gasteiger partial charge >= 0.3 is 0 Å². The van der Waals surface area contributed by atoms with Crippen molar-refractivity contribution < 1.29 is 9.47 Å². The first kappa shape index (κ1) is 14.6. The zero-order valence-electron chi connectivity index (χ0n) is 11.5. The third kappa shape index (κ3) is 3.77. The van der Waals surface area contributed by atoms with Gasteiger partial charge in [-0.25, -0.2) is 0 Å². The van der Waals surface area contributed by atoms with E-state index in [1.165, 1.54) is 5.56 Å². The van der Waals surface area contributed by atoms with E-state index in [9.17, 15) is 0 Å². The Balaban J connectivity index is 2.86. The Bertz CT molecular complexity index is 377. The van der Waals surface area contributed by atoms with Gasteiger partial charge in [-0.15, -0.1) is 6.58 Å². The Morgan fingerprint density at radius 2 is 2.11 bits per heavy atom. The number of allylic oxidation sites excluding steroid dienone is 1. The van der Waals surface area contributed by atoms with Gasteiger partial charge in [-0.2, -0.15) is 0 Å². The molecular formula is C15H23NO2. The van der Waals surface area contributed by atoms with Crippen molar-refractivity contribution in [3.63, 3.8) is 0 Å². The molecule has 3 nitrogen and oxygen atoms in total. The van der Waals surface area contributed by atoms with Gasteiger partial charge in [-0.3, -0.25) is 0 Å². The predicted octanol–water partition coefficient (Wildman–Crippen LogP) is 3.32. The molecular weight excluding hydrogens is 226 g/mol. The van der Waals surface area contributed by atoms with E-state index >= 15 is 0 Å². The molecule has 0 saturated carbocycles. The molecule has 0 bridgehead atoms. The first-order valence-electron chi connectivity index (χ1n) is 6.26. The van der Waals surface area contributed by atoms with Crippen LogP contribution in [-0.2, 0) is 0 Å². The molecule has 1 N–H and O–H groups in total. The van der Waals surface area contributed by atoms with Gasteiger partial charge < -0.3 is 14.8 Å². The Morgan fingerprint density at radius 3 is 2.67 bits per heavy atom. The Morgan fingerprint density at radius 1 is 1.33 bits per heavy atom. The summed E-state index contributed by atoms with van der Waals surface area (Å²) in [4.78, 5) is 0. The van der Waals surface area contributed by atoms with E-state index in [1.807, 2.05) is 25.3 Å². The monoisotopic (exact) mass is 249 g/mol. The van der Waals surface area contributed by atoms with Crippen LogP contribution < -0.4 is 14.8 Å². The van der Waals surface area contributed by atoms with Gasteiger partial charge in [0.2, 0.25) is 0 Å². The number of methoxy groups -OCH3 is 2. The van der Waals surface area contributed by atoms with Crippen LogP contribution >= 0.6 is 0 Å². The van der Waals surface area contributed by atoms with Crippen LogP contribution in [0.3, 0.4) is 0 Å². The van der Waals surface area contributed by atoms with Gasteiger partial charge in [-0.05, 0) is 32.4 Å². The lowest BCUT2D eigenvalue weighted by Gasteiger charge is -2.19. The zero-order chi connectivity index (χ0) is 13.4. The number of ether oxygens (including phenoxy) is 2. The van der Waals surface area contributed by atoms with Crippen LogP contribution in [0, 0.1) is 0 Å². The average Bonchev–Trinajstić information content (AvgIpc) is 2.43. The number of hydrogen-bond donors (Lipinski definition) is 1. The number of unbranched alkanes of at least 4 members (excludes halogenated alkanes) is 1. The summed E-state index contributed by atoms with van der Waals surface area (Å²) in [6.07, 6.45) is 5.17. The van der Waals surface area contributed by atoms with Crippen molar-refractivity contribution in [3.8, 4) is 11.5 Å². The van der Waals surface area contributed by atoms with Crippen molar-refractivity contribution >= 4 is 0 Å². The molecule has 1 aromatic carbocycles. The highest BCUT2D eigenvalue weighted by atomic mass is 16.5. The van der Waals surface area contributed by atoms with Crippen LogP contribution in [0.15, 0.2) is 30.9 Å². The van der Waals surface area contributed by atoms with Crippen molar-refractivity contribution in [2.24, 2.45) is 0 Å². The van der Waals surface area contributed by atoms with E-state index in [0.717, 1.165) is 30.8 Å². The third-order valence-electron chi connectivity index (χ3n) is 3.07. The molecule has 0 aliphatic rings. The van der Waals surface area contributed by atoms with Crippen LogP contribution in [0.5, 0.6) is 11.5 Å². The minimum Gasteiger partial charge on any atom is -0.497 e. The highest BCUT2D eigenvalue weighted by Crippen LogP contribution is 2.31. The summed E-state index contributed by atoms with van der Waals surface area (Å²) >= 11 is 0. The summed E-state index contributed by atoms with van der Waals surface area (Å²) in [7, 11) is 5.32. The largest absolute Gasteiger partial charge is 0.497 e. The summed E-state index contributed by atoms with van der Waals surface area (Å²) in [6, 6.07) is 6.25. The normalized spacial score (nSPS) is 11.9. The van der Waals surface area contributed by atoms with Crippen LogP contribution in [0.2, 0.25) is 0 Å². The maximum atomic E-state index is 5.44. The second-order valence-electron chi connectivity index (χ2n) is 4.17. The molecule has 0 saturated heterocycles. The fourth-order valence-electron chi connectivity index (χ4n) is 2.03. The SMILES string of the molecule is C=CCCCC(NC)c1ccc(OC)cc1OC. The van der Waals surface area contributed by atoms with E-state index in [0.29, 0.717) is 6.04 Å². The molecule has 0 spiro atoms. The van der Waals surface area contributed by atoms with Crippen LogP contribution in [0.1, 0.15) is 30.9 Å². The molecule has 1 unspecified atom stereocenters. The number of benzene rings is 1. The summed E-state index contributed by atoms with van der Waals surface area (Å²) < 4.78 is 10.6. The summed E-state index contributed by atoms with van der Waals surface area (Å²) in [6.45, 7) is 3.75. The number of hydrogen-bond acceptors (Lipinski definition) is 3. The second kappa shape index (κ2) is 7.77. The number of nitrogens with one attached hydrogen (secondary N) is 1. The van der Waals surface area contributed by atoms with E-state index in [1.54, 1.807) is 14.2 Å². The molecule has 1 aromatic rings. The fraction of sp³-hybridized carbons (Fsp3) is 0.467. The molecule has 0 aromatic heterocycles. The van der Waals surface area contributed by atoms with Gasteiger partial charge in [0.15, 0.2) is 0 Å².